The minimum atomic E-state index is -0.379. The third-order valence-electron chi connectivity index (χ3n) is 1.95. The summed E-state index contributed by atoms with van der Waals surface area (Å²) >= 11 is 0. The van der Waals surface area contributed by atoms with Crippen LogP contribution in [0.3, 0.4) is 0 Å². The van der Waals surface area contributed by atoms with Gasteiger partial charge in [0.1, 0.15) is 6.04 Å². The maximum absolute atomic E-state index is 11.3. The number of amides is 1. The summed E-state index contributed by atoms with van der Waals surface area (Å²) in [5.74, 6) is -0.293. The second-order valence-electron chi connectivity index (χ2n) is 3.88. The van der Waals surface area contributed by atoms with Crippen molar-refractivity contribution in [3.63, 3.8) is 0 Å². The van der Waals surface area contributed by atoms with Crippen LogP contribution in [0.15, 0.2) is 0 Å². The molecule has 0 aromatic heterocycles. The number of carbonyl (C=O) groups excluding carboxylic acids is 2. The molecule has 5 nitrogen and oxygen atoms in total. The van der Waals surface area contributed by atoms with E-state index < -0.39 is 0 Å². The van der Waals surface area contributed by atoms with Crippen LogP contribution in [0.2, 0.25) is 0 Å². The van der Waals surface area contributed by atoms with E-state index in [1.807, 2.05) is 13.8 Å². The average Bonchev–Trinajstić information content (AvgIpc) is 2.14. The Bertz CT molecular complexity index is 217. The van der Waals surface area contributed by atoms with Crippen LogP contribution in [0.1, 0.15) is 26.7 Å². The molecule has 0 saturated carbocycles. The summed E-state index contributed by atoms with van der Waals surface area (Å²) in [6.07, 6.45) is 0.914. The van der Waals surface area contributed by atoms with Gasteiger partial charge in [-0.25, -0.2) is 0 Å². The Hall–Kier alpha value is -1.10. The molecule has 0 bridgehead atoms. The van der Waals surface area contributed by atoms with Crippen LogP contribution >= 0.6 is 0 Å². The topological polar surface area (TPSA) is 81.4 Å². The molecule has 5 heteroatoms. The van der Waals surface area contributed by atoms with Crippen molar-refractivity contribution in [1.29, 1.82) is 0 Å². The van der Waals surface area contributed by atoms with Crippen LogP contribution in [0.5, 0.6) is 0 Å². The molecular formula is C10H20N2O3. The lowest BCUT2D eigenvalue weighted by Gasteiger charge is -2.17. The van der Waals surface area contributed by atoms with Crippen LogP contribution in [-0.4, -0.2) is 31.6 Å². The van der Waals surface area contributed by atoms with Gasteiger partial charge in [-0.15, -0.1) is 0 Å². The maximum atomic E-state index is 11.3. The van der Waals surface area contributed by atoms with Gasteiger partial charge in [0.25, 0.3) is 0 Å². The first-order valence-corrected chi connectivity index (χ1v) is 5.06. The molecule has 0 aliphatic rings. The molecule has 0 saturated heterocycles. The highest BCUT2D eigenvalue weighted by Gasteiger charge is 2.19. The molecule has 1 amide bonds. The standard InChI is InChI=1S/C10H20N2O3/c1-7(2)6-8(10(14)15-3)12-5-4-9(11)13/h7-8,12H,4-6H2,1-3H3,(H2,11,13). The molecule has 88 valence electrons. The minimum absolute atomic E-state index is 0.228. The molecule has 0 radical (unpaired) electrons. The predicted molar refractivity (Wildman–Crippen MR) is 57.1 cm³/mol. The fourth-order valence-corrected chi connectivity index (χ4v) is 1.25. The number of carbonyl (C=O) groups is 2. The third kappa shape index (κ3) is 6.90. The molecule has 1 unspecified atom stereocenters. The Labute approximate surface area is 90.4 Å². The zero-order valence-corrected chi connectivity index (χ0v) is 9.58. The van der Waals surface area contributed by atoms with Crippen LogP contribution in [-0.2, 0) is 14.3 Å². The van der Waals surface area contributed by atoms with Crippen molar-refractivity contribution < 1.29 is 14.3 Å². The van der Waals surface area contributed by atoms with Crippen molar-refractivity contribution in [1.82, 2.24) is 5.32 Å². The monoisotopic (exact) mass is 216 g/mol. The molecule has 0 aliphatic carbocycles. The SMILES string of the molecule is COC(=O)C(CC(C)C)NCCC(N)=O. The van der Waals surface area contributed by atoms with Crippen molar-refractivity contribution in [2.24, 2.45) is 11.7 Å². The van der Waals surface area contributed by atoms with Gasteiger partial charge in [0.05, 0.1) is 7.11 Å². The largest absolute Gasteiger partial charge is 0.468 e. The number of ether oxygens (including phenoxy) is 1. The summed E-state index contributed by atoms with van der Waals surface area (Å²) < 4.78 is 4.65. The molecule has 0 rings (SSSR count). The number of methoxy groups -OCH3 is 1. The van der Waals surface area contributed by atoms with E-state index in [9.17, 15) is 9.59 Å². The van der Waals surface area contributed by atoms with Gasteiger partial charge in [0.15, 0.2) is 0 Å². The van der Waals surface area contributed by atoms with Crippen molar-refractivity contribution >= 4 is 11.9 Å². The van der Waals surface area contributed by atoms with E-state index in [0.29, 0.717) is 18.9 Å². The van der Waals surface area contributed by atoms with E-state index in [2.05, 4.69) is 10.1 Å². The van der Waals surface area contributed by atoms with Gasteiger partial charge in [-0.3, -0.25) is 9.59 Å². The van der Waals surface area contributed by atoms with E-state index in [1.54, 1.807) is 0 Å². The van der Waals surface area contributed by atoms with E-state index in [0.717, 1.165) is 0 Å². The van der Waals surface area contributed by atoms with Gasteiger partial charge in [-0.1, -0.05) is 13.8 Å². The van der Waals surface area contributed by atoms with Crippen LogP contribution < -0.4 is 11.1 Å². The Morgan fingerprint density at radius 1 is 1.40 bits per heavy atom. The molecule has 0 spiro atoms. The highest BCUT2D eigenvalue weighted by Crippen LogP contribution is 2.05. The number of primary amides is 1. The lowest BCUT2D eigenvalue weighted by atomic mass is 10.0. The zero-order valence-electron chi connectivity index (χ0n) is 9.58. The van der Waals surface area contributed by atoms with Gasteiger partial charge >= 0.3 is 5.97 Å². The third-order valence-corrected chi connectivity index (χ3v) is 1.95. The highest BCUT2D eigenvalue weighted by molar-refractivity contribution is 5.76. The van der Waals surface area contributed by atoms with Crippen LogP contribution in [0, 0.1) is 5.92 Å². The van der Waals surface area contributed by atoms with Crippen molar-refractivity contribution in [3.8, 4) is 0 Å². The molecule has 0 aromatic carbocycles. The Balaban J connectivity index is 4.01. The first kappa shape index (κ1) is 13.9. The summed E-state index contributed by atoms with van der Waals surface area (Å²) in [5.41, 5.74) is 4.99. The Kier molecular flexibility index (Phi) is 6.70. The fraction of sp³-hybridized carbons (Fsp3) is 0.800. The van der Waals surface area contributed by atoms with Crippen LogP contribution in [0.25, 0.3) is 0 Å². The van der Waals surface area contributed by atoms with Crippen molar-refractivity contribution in [2.75, 3.05) is 13.7 Å². The van der Waals surface area contributed by atoms with Crippen molar-refractivity contribution in [2.45, 2.75) is 32.7 Å². The second-order valence-corrected chi connectivity index (χ2v) is 3.88. The lowest BCUT2D eigenvalue weighted by Crippen LogP contribution is -2.40. The molecule has 0 heterocycles. The summed E-state index contributed by atoms with van der Waals surface area (Å²) in [6, 6.07) is -0.352. The zero-order chi connectivity index (χ0) is 11.8. The molecule has 15 heavy (non-hydrogen) atoms. The fourth-order valence-electron chi connectivity index (χ4n) is 1.25. The predicted octanol–water partition coefficient (Wildman–Crippen LogP) is 0.0391. The number of esters is 1. The Morgan fingerprint density at radius 3 is 2.40 bits per heavy atom. The summed E-state index contributed by atoms with van der Waals surface area (Å²) in [4.78, 5) is 21.8. The average molecular weight is 216 g/mol. The van der Waals surface area contributed by atoms with Gasteiger partial charge < -0.3 is 15.8 Å². The lowest BCUT2D eigenvalue weighted by molar-refractivity contribution is -0.143. The maximum Gasteiger partial charge on any atom is 0.322 e. The van der Waals surface area contributed by atoms with E-state index in [1.165, 1.54) is 7.11 Å². The van der Waals surface area contributed by atoms with Gasteiger partial charge in [0, 0.05) is 13.0 Å². The summed E-state index contributed by atoms with van der Waals surface area (Å²) in [6.45, 7) is 4.44. The van der Waals surface area contributed by atoms with Gasteiger partial charge in [-0.2, -0.15) is 0 Å². The summed E-state index contributed by atoms with van der Waals surface area (Å²) in [5, 5.41) is 2.96. The van der Waals surface area contributed by atoms with Gasteiger partial charge in [-0.05, 0) is 12.3 Å². The van der Waals surface area contributed by atoms with E-state index in [-0.39, 0.29) is 24.3 Å². The smallest absolute Gasteiger partial charge is 0.322 e. The molecule has 1 atom stereocenters. The first-order chi connectivity index (χ1) is 6.97. The minimum Gasteiger partial charge on any atom is -0.468 e. The second kappa shape index (κ2) is 7.23. The normalized spacial score (nSPS) is 12.5. The van der Waals surface area contributed by atoms with E-state index in [4.69, 9.17) is 5.73 Å². The quantitative estimate of drug-likeness (QED) is 0.589. The van der Waals surface area contributed by atoms with Gasteiger partial charge in [0.2, 0.25) is 5.91 Å². The number of rotatable bonds is 7. The Morgan fingerprint density at radius 2 is 2.00 bits per heavy atom. The number of nitrogens with one attached hydrogen (secondary N) is 1. The number of hydrogen-bond acceptors (Lipinski definition) is 4. The number of hydrogen-bond donors (Lipinski definition) is 2. The van der Waals surface area contributed by atoms with Crippen molar-refractivity contribution in [3.05, 3.63) is 0 Å². The first-order valence-electron chi connectivity index (χ1n) is 5.06. The number of nitrogens with two attached hydrogens (primary N) is 1. The molecule has 0 aromatic rings. The molecule has 0 fully saturated rings. The highest BCUT2D eigenvalue weighted by atomic mass is 16.5. The van der Waals surface area contributed by atoms with Crippen LogP contribution in [0.4, 0.5) is 0 Å². The molecular weight excluding hydrogens is 196 g/mol. The molecule has 0 aliphatic heterocycles. The summed E-state index contributed by atoms with van der Waals surface area (Å²) in [7, 11) is 1.35. The molecule has 3 N–H and O–H groups in total. The van der Waals surface area contributed by atoms with E-state index >= 15 is 0 Å².